The highest BCUT2D eigenvalue weighted by molar-refractivity contribution is 7.46. The van der Waals surface area contributed by atoms with Gasteiger partial charge in [-0.15, -0.1) is 0 Å². The molecule has 2 aromatic carbocycles. The minimum atomic E-state index is -5.13. The van der Waals surface area contributed by atoms with Crippen LogP contribution in [0, 0.1) is 11.7 Å². The Morgan fingerprint density at radius 1 is 1.15 bits per heavy atom. The molecule has 0 spiro atoms. The van der Waals surface area contributed by atoms with Gasteiger partial charge in [0.25, 0.3) is 5.91 Å². The second-order valence-corrected chi connectivity index (χ2v) is 11.2. The van der Waals surface area contributed by atoms with Gasteiger partial charge in [0.15, 0.2) is 0 Å². The molecule has 210 valence electrons. The molecule has 1 aromatic heterocycles. The van der Waals surface area contributed by atoms with Gasteiger partial charge < -0.3 is 25.9 Å². The summed E-state index contributed by atoms with van der Waals surface area (Å²) in [7, 11) is -5.13. The van der Waals surface area contributed by atoms with Crippen LogP contribution in [0.25, 0.3) is 11.0 Å². The van der Waals surface area contributed by atoms with Crippen LogP contribution < -0.4 is 11.1 Å². The first-order valence-corrected chi connectivity index (χ1v) is 13.8. The van der Waals surface area contributed by atoms with Crippen molar-refractivity contribution in [2.75, 3.05) is 0 Å². The lowest BCUT2D eigenvalue weighted by molar-refractivity contribution is -0.123. The van der Waals surface area contributed by atoms with Crippen molar-refractivity contribution in [2.45, 2.75) is 57.3 Å². The summed E-state index contributed by atoms with van der Waals surface area (Å²) in [5, 5.41) is 12.8. The van der Waals surface area contributed by atoms with Crippen LogP contribution in [-0.2, 0) is 20.3 Å². The van der Waals surface area contributed by atoms with Gasteiger partial charge in [-0.2, -0.15) is 0 Å². The van der Waals surface area contributed by atoms with Crippen LogP contribution >= 0.6 is 7.82 Å². The molecule has 2 amide bonds. The van der Waals surface area contributed by atoms with Crippen molar-refractivity contribution in [3.05, 3.63) is 71.8 Å². The molecule has 13 heteroatoms. The molecule has 0 aliphatic rings. The fraction of sp³-hybridized carbons (Fsp3) is 0.385. The molecule has 0 bridgehead atoms. The van der Waals surface area contributed by atoms with E-state index in [1.54, 1.807) is 44.2 Å². The van der Waals surface area contributed by atoms with E-state index in [1.165, 1.54) is 24.4 Å². The number of fused-ring (bicyclic) bond motifs is 1. The number of nitrogens with two attached hydrogens (primary N) is 1. The molecular formula is C26H32FN4O7P. The van der Waals surface area contributed by atoms with E-state index in [4.69, 9.17) is 10.3 Å². The number of hydrogen-bond donors (Lipinski definition) is 5. The van der Waals surface area contributed by atoms with Gasteiger partial charge in [0.1, 0.15) is 11.5 Å². The zero-order valence-electron chi connectivity index (χ0n) is 21.5. The summed E-state index contributed by atoms with van der Waals surface area (Å²) in [5.41, 5.74) is 5.79. The third-order valence-corrected chi connectivity index (χ3v) is 6.63. The van der Waals surface area contributed by atoms with Gasteiger partial charge >= 0.3 is 7.82 Å². The Morgan fingerprint density at radius 2 is 1.85 bits per heavy atom. The quantitative estimate of drug-likeness (QED) is 0.195. The van der Waals surface area contributed by atoms with E-state index < -0.39 is 49.1 Å². The largest absolute Gasteiger partial charge is 0.469 e. The molecule has 11 nitrogen and oxygen atoms in total. The first-order valence-electron chi connectivity index (χ1n) is 12.2. The number of aliphatic hydroxyl groups is 1. The number of nitrogens with one attached hydrogen (secondary N) is 1. The Labute approximate surface area is 224 Å². The van der Waals surface area contributed by atoms with Crippen molar-refractivity contribution in [3.63, 3.8) is 0 Å². The summed E-state index contributed by atoms with van der Waals surface area (Å²) in [5.74, 6) is -3.00. The summed E-state index contributed by atoms with van der Waals surface area (Å²) in [6.45, 7) is 3.10. The number of halogens is 1. The van der Waals surface area contributed by atoms with Gasteiger partial charge in [-0.05, 0) is 69.4 Å². The predicted molar refractivity (Wildman–Crippen MR) is 141 cm³/mol. The maximum Gasteiger partial charge on any atom is 0.469 e. The first kappa shape index (κ1) is 30.3. The van der Waals surface area contributed by atoms with E-state index in [-0.39, 0.29) is 31.4 Å². The van der Waals surface area contributed by atoms with Crippen molar-refractivity contribution in [1.82, 2.24) is 15.3 Å². The second kappa shape index (κ2) is 12.7. The number of carbonyl (C=O) groups is 2. The van der Waals surface area contributed by atoms with Crippen molar-refractivity contribution in [3.8, 4) is 0 Å². The molecule has 3 rings (SSSR count). The van der Waals surface area contributed by atoms with Crippen LogP contribution in [-0.4, -0.2) is 54.4 Å². The normalized spacial score (nSPS) is 14.5. The Kier molecular flexibility index (Phi) is 9.87. The molecule has 0 unspecified atom stereocenters. The number of carbonyl (C=O) groups excluding carboxylic acids is 2. The molecule has 0 saturated carbocycles. The third kappa shape index (κ3) is 9.76. The fourth-order valence-corrected chi connectivity index (χ4v) is 4.73. The summed E-state index contributed by atoms with van der Waals surface area (Å²) in [4.78, 5) is 53.3. The summed E-state index contributed by atoms with van der Waals surface area (Å²) >= 11 is 0. The lowest BCUT2D eigenvalue weighted by Crippen LogP contribution is -2.47. The zero-order valence-corrected chi connectivity index (χ0v) is 22.4. The lowest BCUT2D eigenvalue weighted by atomic mass is 9.87. The van der Waals surface area contributed by atoms with Crippen LogP contribution in [0.15, 0.2) is 54.7 Å². The molecule has 0 radical (unpaired) electrons. The number of rotatable bonds is 13. The summed E-state index contributed by atoms with van der Waals surface area (Å²) in [6, 6.07) is 11.2. The van der Waals surface area contributed by atoms with Gasteiger partial charge in [0.05, 0.1) is 35.0 Å². The Bertz CT molecular complexity index is 1360. The van der Waals surface area contributed by atoms with E-state index in [0.717, 1.165) is 0 Å². The predicted octanol–water partition coefficient (Wildman–Crippen LogP) is 2.63. The molecule has 3 aromatic rings. The van der Waals surface area contributed by atoms with E-state index in [2.05, 4.69) is 15.3 Å². The van der Waals surface area contributed by atoms with E-state index in [0.29, 0.717) is 16.6 Å². The van der Waals surface area contributed by atoms with E-state index >= 15 is 0 Å². The number of phosphoric acid groups is 1. The van der Waals surface area contributed by atoms with Crippen molar-refractivity contribution in [2.24, 2.45) is 11.7 Å². The lowest BCUT2D eigenvalue weighted by Gasteiger charge is -2.31. The smallest absolute Gasteiger partial charge is 0.390 e. The average molecular weight is 563 g/mol. The highest BCUT2D eigenvalue weighted by Crippen LogP contribution is 2.40. The van der Waals surface area contributed by atoms with Crippen LogP contribution in [0.2, 0.25) is 0 Å². The molecule has 0 aliphatic carbocycles. The SMILES string of the molecule is CC(C)(O)CC[C@H](C[C@H](OP(=O)(O)O)[C@H](Cc1cccc(F)c1)NC(=O)c1cnc2ccccc2n1)C(N)=O. The number of benzene rings is 2. The van der Waals surface area contributed by atoms with Crippen molar-refractivity contribution in [1.29, 1.82) is 0 Å². The van der Waals surface area contributed by atoms with Gasteiger partial charge in [0.2, 0.25) is 5.91 Å². The fourth-order valence-electron chi connectivity index (χ4n) is 4.14. The number of amides is 2. The van der Waals surface area contributed by atoms with Crippen molar-refractivity contribution < 1.29 is 38.0 Å². The van der Waals surface area contributed by atoms with Crippen LogP contribution in [0.5, 0.6) is 0 Å². The average Bonchev–Trinajstić information content (AvgIpc) is 2.83. The molecule has 0 fully saturated rings. The first-order chi connectivity index (χ1) is 18.2. The Balaban J connectivity index is 1.96. The molecular weight excluding hydrogens is 530 g/mol. The number of para-hydroxylation sites is 2. The Morgan fingerprint density at radius 3 is 2.46 bits per heavy atom. The molecule has 39 heavy (non-hydrogen) atoms. The monoisotopic (exact) mass is 562 g/mol. The minimum Gasteiger partial charge on any atom is -0.390 e. The summed E-state index contributed by atoms with van der Waals surface area (Å²) in [6.07, 6.45) is -0.309. The maximum absolute atomic E-state index is 13.9. The number of nitrogens with zero attached hydrogens (tertiary/aromatic N) is 2. The van der Waals surface area contributed by atoms with Crippen molar-refractivity contribution >= 4 is 30.7 Å². The molecule has 1 heterocycles. The molecule has 0 aliphatic heterocycles. The molecule has 3 atom stereocenters. The van der Waals surface area contributed by atoms with E-state index in [9.17, 15) is 33.4 Å². The zero-order chi connectivity index (χ0) is 28.8. The van der Waals surface area contributed by atoms with E-state index in [1.807, 2.05) is 0 Å². The minimum absolute atomic E-state index is 0.0682. The molecule has 0 saturated heterocycles. The topological polar surface area (TPSA) is 185 Å². The highest BCUT2D eigenvalue weighted by Gasteiger charge is 2.35. The van der Waals surface area contributed by atoms with Crippen LogP contribution in [0.3, 0.4) is 0 Å². The van der Waals surface area contributed by atoms with Gasteiger partial charge in [0, 0.05) is 5.92 Å². The molecule has 6 N–H and O–H groups in total. The number of hydrogen-bond acceptors (Lipinski definition) is 7. The second-order valence-electron chi connectivity index (χ2n) is 9.98. The number of phosphoric ester groups is 1. The standard InChI is InChI=1S/C26H32FN4O7P/c1-26(2,34)11-10-17(24(28)32)14-23(38-39(35,36)37)21(13-16-6-5-7-18(27)12-16)31-25(33)22-15-29-19-8-3-4-9-20(19)30-22/h3-9,12,15,17,21,23,34H,10-11,13-14H2,1-2H3,(H2,28,32)(H,31,33)(H2,35,36,37)/t17-,21+,23+/m1/s1. The number of primary amides is 1. The van der Waals surface area contributed by atoms with Gasteiger partial charge in [-0.25, -0.2) is 13.9 Å². The maximum atomic E-state index is 13.9. The summed E-state index contributed by atoms with van der Waals surface area (Å²) < 4.78 is 31.0. The van der Waals surface area contributed by atoms with Crippen LogP contribution in [0.4, 0.5) is 4.39 Å². The van der Waals surface area contributed by atoms with Gasteiger partial charge in [-0.1, -0.05) is 24.3 Å². The van der Waals surface area contributed by atoms with Gasteiger partial charge in [-0.3, -0.25) is 19.1 Å². The highest BCUT2D eigenvalue weighted by atomic mass is 31.2. The Hall–Kier alpha value is -3.28. The third-order valence-electron chi connectivity index (χ3n) is 6.09. The van der Waals surface area contributed by atoms with Crippen LogP contribution in [0.1, 0.15) is 49.2 Å². The number of aromatic nitrogens is 2.